The number of carboxylic acids is 1. The van der Waals surface area contributed by atoms with E-state index in [2.05, 4.69) is 24.3 Å². The van der Waals surface area contributed by atoms with Gasteiger partial charge in [0.15, 0.2) is 0 Å². The van der Waals surface area contributed by atoms with Crippen LogP contribution in [0.4, 0.5) is 0 Å². The first kappa shape index (κ1) is 14.0. The molecule has 2 N–H and O–H groups in total. The lowest BCUT2D eigenvalue weighted by atomic mass is 9.54. The minimum absolute atomic E-state index is 0.209. The van der Waals surface area contributed by atoms with Gasteiger partial charge in [0.25, 0.3) is 0 Å². The number of allylic oxidation sites excluding steroid dienone is 1. The summed E-state index contributed by atoms with van der Waals surface area (Å²) in [5.74, 6) is -0.0158. The number of carbonyl (C=O) groups is 1. The molecule has 4 atom stereocenters. The maximum Gasteiger partial charge on any atom is 0.310 e. The van der Waals surface area contributed by atoms with E-state index in [0.717, 1.165) is 25.7 Å². The van der Waals surface area contributed by atoms with Crippen molar-refractivity contribution in [3.05, 3.63) is 41.0 Å². The van der Waals surface area contributed by atoms with Crippen LogP contribution in [0.2, 0.25) is 0 Å². The van der Waals surface area contributed by atoms with Crippen LogP contribution in [0.15, 0.2) is 29.8 Å². The number of fused-ring (bicyclic) bond motifs is 3. The van der Waals surface area contributed by atoms with Crippen LogP contribution in [-0.4, -0.2) is 22.3 Å². The predicted octanol–water partition coefficient (Wildman–Crippen LogP) is 3.27. The van der Waals surface area contributed by atoms with Gasteiger partial charge in [-0.05, 0) is 61.5 Å². The maximum absolute atomic E-state index is 12.0. The van der Waals surface area contributed by atoms with Crippen LogP contribution in [0.5, 0.6) is 0 Å². The molecule has 1 aromatic carbocycles. The first-order valence-electron chi connectivity index (χ1n) is 8.28. The highest BCUT2D eigenvalue weighted by Gasteiger charge is 2.53. The molecule has 0 aromatic heterocycles. The van der Waals surface area contributed by atoms with E-state index in [1.807, 2.05) is 6.07 Å². The lowest BCUT2D eigenvalue weighted by molar-refractivity contribution is -0.161. The topological polar surface area (TPSA) is 57.5 Å². The Morgan fingerprint density at radius 1 is 1.23 bits per heavy atom. The van der Waals surface area contributed by atoms with Crippen LogP contribution in [0.1, 0.15) is 43.2 Å². The fourth-order valence-electron chi connectivity index (χ4n) is 4.97. The summed E-state index contributed by atoms with van der Waals surface area (Å²) in [7, 11) is 0. The molecule has 3 heteroatoms. The molecule has 3 aliphatic rings. The largest absolute Gasteiger partial charge is 0.481 e. The van der Waals surface area contributed by atoms with Crippen molar-refractivity contribution in [3.63, 3.8) is 0 Å². The molecule has 116 valence electrons. The summed E-state index contributed by atoms with van der Waals surface area (Å²) in [5.41, 5.74) is 3.16. The second kappa shape index (κ2) is 4.95. The molecule has 0 amide bonds. The second-order valence-electron chi connectivity index (χ2n) is 7.33. The zero-order chi connectivity index (χ0) is 15.3. The summed E-state index contributed by atoms with van der Waals surface area (Å²) in [6.45, 7) is 0. The Morgan fingerprint density at radius 3 is 2.86 bits per heavy atom. The van der Waals surface area contributed by atoms with Gasteiger partial charge in [0.05, 0.1) is 11.5 Å². The number of aliphatic hydroxyl groups is 1. The molecule has 2 saturated carbocycles. The Hall–Kier alpha value is -1.61. The van der Waals surface area contributed by atoms with Crippen molar-refractivity contribution in [2.24, 2.45) is 17.3 Å². The number of hydrogen-bond acceptors (Lipinski definition) is 2. The van der Waals surface area contributed by atoms with Crippen molar-refractivity contribution in [1.82, 2.24) is 0 Å². The van der Waals surface area contributed by atoms with E-state index in [4.69, 9.17) is 0 Å². The average Bonchev–Trinajstić information content (AvgIpc) is 2.50. The van der Waals surface area contributed by atoms with E-state index < -0.39 is 17.5 Å². The fourth-order valence-corrected chi connectivity index (χ4v) is 4.97. The smallest absolute Gasteiger partial charge is 0.310 e. The van der Waals surface area contributed by atoms with E-state index in [9.17, 15) is 15.0 Å². The molecule has 0 saturated heterocycles. The van der Waals surface area contributed by atoms with E-state index in [1.54, 1.807) is 0 Å². The third-order valence-electron chi connectivity index (χ3n) is 6.13. The zero-order valence-corrected chi connectivity index (χ0v) is 12.7. The van der Waals surface area contributed by atoms with E-state index in [1.165, 1.54) is 16.7 Å². The van der Waals surface area contributed by atoms with E-state index >= 15 is 0 Å². The van der Waals surface area contributed by atoms with Crippen molar-refractivity contribution < 1.29 is 15.0 Å². The maximum atomic E-state index is 12.0. The van der Waals surface area contributed by atoms with Crippen molar-refractivity contribution in [2.75, 3.05) is 0 Å². The molecule has 2 fully saturated rings. The lowest BCUT2D eigenvalue weighted by Gasteiger charge is -2.50. The normalized spacial score (nSPS) is 36.6. The van der Waals surface area contributed by atoms with Gasteiger partial charge in [-0.1, -0.05) is 35.9 Å². The van der Waals surface area contributed by atoms with Gasteiger partial charge >= 0.3 is 5.97 Å². The minimum Gasteiger partial charge on any atom is -0.481 e. The fraction of sp³-hybridized carbons (Fsp3) is 0.526. The number of hydrogen-bond donors (Lipinski definition) is 2. The van der Waals surface area contributed by atoms with Gasteiger partial charge < -0.3 is 10.2 Å². The van der Waals surface area contributed by atoms with Gasteiger partial charge in [0.1, 0.15) is 0 Å². The van der Waals surface area contributed by atoms with Crippen molar-refractivity contribution in [1.29, 1.82) is 0 Å². The van der Waals surface area contributed by atoms with Gasteiger partial charge in [0.2, 0.25) is 0 Å². The molecular weight excluding hydrogens is 276 g/mol. The molecular formula is C19H22O3. The monoisotopic (exact) mass is 298 g/mol. The molecule has 0 aliphatic heterocycles. The summed E-state index contributed by atoms with van der Waals surface area (Å²) in [6.07, 6.45) is 6.38. The van der Waals surface area contributed by atoms with Crippen LogP contribution in [-0.2, 0) is 11.2 Å². The van der Waals surface area contributed by atoms with Crippen LogP contribution in [0.3, 0.4) is 0 Å². The summed E-state index contributed by atoms with van der Waals surface area (Å²) in [6, 6.07) is 8.43. The van der Waals surface area contributed by atoms with E-state index in [-0.39, 0.29) is 5.92 Å². The first-order chi connectivity index (χ1) is 10.6. The SMILES string of the molecule is O=C(O)C12CC3=Cc4ccccc4CC3CC1CCC(O)C2. The molecule has 4 unspecified atom stereocenters. The number of benzene rings is 1. The summed E-state index contributed by atoms with van der Waals surface area (Å²) in [5, 5.41) is 19.9. The molecule has 3 aliphatic carbocycles. The first-order valence-corrected chi connectivity index (χ1v) is 8.28. The van der Waals surface area contributed by atoms with Crippen molar-refractivity contribution >= 4 is 12.0 Å². The van der Waals surface area contributed by atoms with Gasteiger partial charge in [-0.15, -0.1) is 0 Å². The Balaban J connectivity index is 1.74. The third kappa shape index (κ3) is 2.03. The van der Waals surface area contributed by atoms with Gasteiger partial charge in [-0.25, -0.2) is 0 Å². The van der Waals surface area contributed by atoms with Crippen molar-refractivity contribution in [3.8, 4) is 0 Å². The Morgan fingerprint density at radius 2 is 2.05 bits per heavy atom. The molecule has 1 aromatic rings. The third-order valence-corrected chi connectivity index (χ3v) is 6.13. The van der Waals surface area contributed by atoms with Crippen LogP contribution < -0.4 is 0 Å². The highest BCUT2D eigenvalue weighted by atomic mass is 16.4. The molecule has 22 heavy (non-hydrogen) atoms. The summed E-state index contributed by atoms with van der Waals surface area (Å²) < 4.78 is 0. The summed E-state index contributed by atoms with van der Waals surface area (Å²) >= 11 is 0. The lowest BCUT2D eigenvalue weighted by Crippen LogP contribution is -2.49. The quantitative estimate of drug-likeness (QED) is 0.836. The van der Waals surface area contributed by atoms with E-state index in [0.29, 0.717) is 18.8 Å². The van der Waals surface area contributed by atoms with Crippen molar-refractivity contribution in [2.45, 2.75) is 44.6 Å². The molecule has 0 heterocycles. The molecule has 3 nitrogen and oxygen atoms in total. The van der Waals surface area contributed by atoms with Gasteiger partial charge in [0, 0.05) is 0 Å². The Kier molecular flexibility index (Phi) is 3.15. The van der Waals surface area contributed by atoms with Gasteiger partial charge in [-0.3, -0.25) is 4.79 Å². The predicted molar refractivity (Wildman–Crippen MR) is 84.3 cm³/mol. The Labute approximate surface area is 130 Å². The number of aliphatic hydroxyl groups excluding tert-OH is 1. The molecule has 0 radical (unpaired) electrons. The second-order valence-corrected chi connectivity index (χ2v) is 7.33. The molecule has 0 spiro atoms. The number of rotatable bonds is 1. The van der Waals surface area contributed by atoms with Crippen LogP contribution in [0, 0.1) is 17.3 Å². The van der Waals surface area contributed by atoms with Crippen LogP contribution in [0.25, 0.3) is 6.08 Å². The number of carboxylic acid groups (broad SMARTS) is 1. The van der Waals surface area contributed by atoms with Gasteiger partial charge in [-0.2, -0.15) is 0 Å². The summed E-state index contributed by atoms with van der Waals surface area (Å²) in [4.78, 5) is 12.0. The standard InChI is InChI=1S/C19H22O3/c20-17-6-5-16-9-14-7-12-3-1-2-4-13(12)8-15(14)10-19(16,11-17)18(21)22/h1-4,8,14,16-17,20H,5-7,9-11H2,(H,21,22). The molecule has 0 bridgehead atoms. The highest BCUT2D eigenvalue weighted by Crippen LogP contribution is 2.55. The minimum atomic E-state index is -0.744. The zero-order valence-electron chi connectivity index (χ0n) is 12.7. The molecule has 4 rings (SSSR count). The number of aliphatic carboxylic acids is 1. The van der Waals surface area contributed by atoms with Crippen LogP contribution >= 0.6 is 0 Å². The highest BCUT2D eigenvalue weighted by molar-refractivity contribution is 5.77. The Bertz CT molecular complexity index is 648. The average molecular weight is 298 g/mol.